The van der Waals surface area contributed by atoms with E-state index in [4.69, 9.17) is 5.11 Å². The Labute approximate surface area is 113 Å². The smallest absolute Gasteiger partial charge is 0.211 e. The molecule has 8 heteroatoms. The van der Waals surface area contributed by atoms with Crippen molar-refractivity contribution in [3.05, 3.63) is 29.8 Å². The van der Waals surface area contributed by atoms with Crippen LogP contribution < -0.4 is 4.72 Å². The van der Waals surface area contributed by atoms with Crippen LogP contribution in [0.3, 0.4) is 0 Å². The van der Waals surface area contributed by atoms with Gasteiger partial charge in [0.1, 0.15) is 0 Å². The molecular formula is C11H17NO5S2. The Morgan fingerprint density at radius 3 is 2.16 bits per heavy atom. The highest BCUT2D eigenvalue weighted by Crippen LogP contribution is 2.10. The van der Waals surface area contributed by atoms with E-state index in [1.165, 1.54) is 12.1 Å². The Kier molecular flexibility index (Phi) is 5.48. The molecule has 0 aromatic heterocycles. The maximum absolute atomic E-state index is 11.5. The fourth-order valence-corrected chi connectivity index (χ4v) is 3.05. The van der Waals surface area contributed by atoms with Gasteiger partial charge in [0, 0.05) is 19.4 Å². The van der Waals surface area contributed by atoms with Crippen LogP contribution in [0.25, 0.3) is 0 Å². The maximum atomic E-state index is 11.5. The van der Waals surface area contributed by atoms with E-state index < -0.39 is 19.9 Å². The quantitative estimate of drug-likeness (QED) is 0.732. The standard InChI is InChI=1S/C11H17NO5S2/c1-18(14,15)11-5-3-10(4-6-11)9-12-19(16,17)8-2-7-13/h3-6,12-13H,2,7-9H2,1H3. The van der Waals surface area contributed by atoms with Crippen molar-refractivity contribution in [2.24, 2.45) is 0 Å². The van der Waals surface area contributed by atoms with Crippen molar-refractivity contribution < 1.29 is 21.9 Å². The molecule has 0 fully saturated rings. The predicted octanol–water partition coefficient (Wildman–Crippen LogP) is -0.108. The molecule has 1 rings (SSSR count). The lowest BCUT2D eigenvalue weighted by atomic mass is 10.2. The highest BCUT2D eigenvalue weighted by molar-refractivity contribution is 7.90. The lowest BCUT2D eigenvalue weighted by Gasteiger charge is -2.06. The molecule has 0 radical (unpaired) electrons. The van der Waals surface area contributed by atoms with Crippen molar-refractivity contribution in [3.8, 4) is 0 Å². The van der Waals surface area contributed by atoms with Gasteiger partial charge in [0.2, 0.25) is 10.0 Å². The molecule has 0 saturated heterocycles. The molecule has 0 heterocycles. The zero-order valence-corrected chi connectivity index (χ0v) is 12.2. The van der Waals surface area contributed by atoms with Crippen molar-refractivity contribution in [2.45, 2.75) is 17.9 Å². The van der Waals surface area contributed by atoms with Gasteiger partial charge in [-0.1, -0.05) is 12.1 Å². The fourth-order valence-electron chi connectivity index (χ4n) is 1.37. The summed E-state index contributed by atoms with van der Waals surface area (Å²) in [7, 11) is -6.65. The normalized spacial score (nSPS) is 12.5. The van der Waals surface area contributed by atoms with Gasteiger partial charge in [-0.15, -0.1) is 0 Å². The summed E-state index contributed by atoms with van der Waals surface area (Å²) >= 11 is 0. The minimum Gasteiger partial charge on any atom is -0.396 e. The molecule has 1 aromatic rings. The van der Waals surface area contributed by atoms with E-state index in [9.17, 15) is 16.8 Å². The molecule has 1 aromatic carbocycles. The zero-order chi connectivity index (χ0) is 14.5. The summed E-state index contributed by atoms with van der Waals surface area (Å²) in [6.45, 7) is -0.0816. The molecule has 0 aliphatic heterocycles. The maximum Gasteiger partial charge on any atom is 0.211 e. The molecule has 0 atom stereocenters. The van der Waals surface area contributed by atoms with Crippen LogP contribution in [0.4, 0.5) is 0 Å². The lowest BCUT2D eigenvalue weighted by molar-refractivity contribution is 0.295. The molecule has 0 spiro atoms. The predicted molar refractivity (Wildman–Crippen MR) is 71.9 cm³/mol. The molecule has 0 aliphatic rings. The van der Waals surface area contributed by atoms with Crippen molar-refractivity contribution in [2.75, 3.05) is 18.6 Å². The first-order valence-corrected chi connectivity index (χ1v) is 9.16. The number of nitrogens with one attached hydrogen (secondary N) is 1. The van der Waals surface area contributed by atoms with Gasteiger partial charge in [0.05, 0.1) is 10.6 Å². The third kappa shape index (κ3) is 5.68. The Morgan fingerprint density at radius 2 is 1.68 bits per heavy atom. The Hall–Kier alpha value is -0.960. The highest BCUT2D eigenvalue weighted by Gasteiger charge is 2.10. The first-order valence-electron chi connectivity index (χ1n) is 5.62. The second kappa shape index (κ2) is 6.47. The van der Waals surface area contributed by atoms with Crippen LogP contribution >= 0.6 is 0 Å². The topological polar surface area (TPSA) is 101 Å². The molecule has 0 saturated carbocycles. The molecule has 2 N–H and O–H groups in total. The summed E-state index contributed by atoms with van der Waals surface area (Å²) in [5.41, 5.74) is 0.667. The largest absolute Gasteiger partial charge is 0.396 e. The summed E-state index contributed by atoms with van der Waals surface area (Å²) < 4.78 is 47.8. The van der Waals surface area contributed by atoms with E-state index in [0.29, 0.717) is 5.56 Å². The van der Waals surface area contributed by atoms with Crippen LogP contribution in [-0.4, -0.2) is 40.6 Å². The average molecular weight is 307 g/mol. The van der Waals surface area contributed by atoms with Gasteiger partial charge in [0.15, 0.2) is 9.84 Å². The van der Waals surface area contributed by atoms with Gasteiger partial charge in [-0.05, 0) is 24.1 Å². The molecule has 0 amide bonds. The first-order chi connectivity index (χ1) is 8.74. The van der Waals surface area contributed by atoms with Gasteiger partial charge in [-0.3, -0.25) is 0 Å². The summed E-state index contributed by atoms with van der Waals surface area (Å²) in [6.07, 6.45) is 1.29. The molecular weight excluding hydrogens is 290 g/mol. The third-order valence-corrected chi connectivity index (χ3v) is 4.96. The van der Waals surface area contributed by atoms with E-state index in [-0.39, 0.29) is 30.2 Å². The Bertz CT molecular complexity index is 605. The van der Waals surface area contributed by atoms with Gasteiger partial charge in [-0.2, -0.15) is 0 Å². The number of hydrogen-bond donors (Lipinski definition) is 2. The van der Waals surface area contributed by atoms with Gasteiger partial charge < -0.3 is 5.11 Å². The highest BCUT2D eigenvalue weighted by atomic mass is 32.2. The zero-order valence-electron chi connectivity index (χ0n) is 10.5. The van der Waals surface area contributed by atoms with Gasteiger partial charge in [0.25, 0.3) is 0 Å². The van der Waals surface area contributed by atoms with E-state index in [1.54, 1.807) is 12.1 Å². The Balaban J connectivity index is 2.65. The van der Waals surface area contributed by atoms with E-state index in [1.807, 2.05) is 0 Å². The number of sulfone groups is 1. The molecule has 19 heavy (non-hydrogen) atoms. The molecule has 0 aliphatic carbocycles. The molecule has 0 bridgehead atoms. The van der Waals surface area contributed by atoms with Crippen LogP contribution in [0.5, 0.6) is 0 Å². The second-order valence-corrected chi connectivity index (χ2v) is 8.08. The van der Waals surface area contributed by atoms with E-state index in [2.05, 4.69) is 4.72 Å². The number of benzene rings is 1. The first kappa shape index (κ1) is 16.1. The number of sulfonamides is 1. The van der Waals surface area contributed by atoms with Crippen LogP contribution in [0.2, 0.25) is 0 Å². The molecule has 6 nitrogen and oxygen atoms in total. The van der Waals surface area contributed by atoms with Crippen LogP contribution in [0, 0.1) is 0 Å². The minimum absolute atomic E-state index is 0.0950. The van der Waals surface area contributed by atoms with E-state index >= 15 is 0 Å². The number of aliphatic hydroxyl groups is 1. The monoisotopic (exact) mass is 307 g/mol. The Morgan fingerprint density at radius 1 is 1.11 bits per heavy atom. The molecule has 108 valence electrons. The third-order valence-electron chi connectivity index (χ3n) is 2.42. The second-order valence-electron chi connectivity index (χ2n) is 4.13. The van der Waals surface area contributed by atoms with Crippen molar-refractivity contribution in [3.63, 3.8) is 0 Å². The number of hydrogen-bond acceptors (Lipinski definition) is 5. The number of aliphatic hydroxyl groups excluding tert-OH is 1. The van der Waals surface area contributed by atoms with Gasteiger partial charge in [-0.25, -0.2) is 21.6 Å². The van der Waals surface area contributed by atoms with Crippen LogP contribution in [0.15, 0.2) is 29.2 Å². The lowest BCUT2D eigenvalue weighted by Crippen LogP contribution is -2.26. The van der Waals surface area contributed by atoms with E-state index in [0.717, 1.165) is 6.26 Å². The number of rotatable bonds is 7. The SMILES string of the molecule is CS(=O)(=O)c1ccc(CNS(=O)(=O)CCCO)cc1. The fraction of sp³-hybridized carbons (Fsp3) is 0.455. The van der Waals surface area contributed by atoms with Gasteiger partial charge >= 0.3 is 0 Å². The summed E-state index contributed by atoms with van der Waals surface area (Å²) in [5, 5.41) is 8.57. The minimum atomic E-state index is -3.41. The van der Waals surface area contributed by atoms with Crippen molar-refractivity contribution in [1.82, 2.24) is 4.72 Å². The molecule has 0 unspecified atom stereocenters. The van der Waals surface area contributed by atoms with Crippen molar-refractivity contribution >= 4 is 19.9 Å². The summed E-state index contributed by atoms with van der Waals surface area (Å²) in [6, 6.07) is 6.00. The van der Waals surface area contributed by atoms with Crippen molar-refractivity contribution in [1.29, 1.82) is 0 Å². The average Bonchev–Trinajstić information content (AvgIpc) is 2.34. The summed E-state index contributed by atoms with van der Waals surface area (Å²) in [5.74, 6) is -0.134. The summed E-state index contributed by atoms with van der Waals surface area (Å²) in [4.78, 5) is 0.194. The van der Waals surface area contributed by atoms with Crippen LogP contribution in [-0.2, 0) is 26.4 Å². The van der Waals surface area contributed by atoms with Crippen LogP contribution in [0.1, 0.15) is 12.0 Å².